The standard InChI is InChI=1S/C22H23N3O4/c1-29-22(28)19(23)20(27)17-13-24-21(25-17)18(26)12-16(14-8-4-2-5-9-14)15-10-6-3-7-11-15/h2-11,13,16,19-20,27H,12,23H2,1H3,(H,24,25)/t19-,20+/m0/s1. The number of aliphatic hydroxyl groups excluding tert-OH is 1. The number of H-pyrrole nitrogens is 1. The Morgan fingerprint density at radius 1 is 1.07 bits per heavy atom. The Hall–Kier alpha value is -3.29. The van der Waals surface area contributed by atoms with Crippen molar-refractivity contribution < 1.29 is 19.4 Å². The number of nitrogens with two attached hydrogens (primary N) is 1. The smallest absolute Gasteiger partial charge is 0.325 e. The highest BCUT2D eigenvalue weighted by molar-refractivity contribution is 5.93. The summed E-state index contributed by atoms with van der Waals surface area (Å²) in [5.41, 5.74) is 7.89. The number of benzene rings is 2. The molecule has 1 heterocycles. The molecule has 29 heavy (non-hydrogen) atoms. The van der Waals surface area contributed by atoms with Gasteiger partial charge in [-0.1, -0.05) is 60.7 Å². The molecule has 150 valence electrons. The van der Waals surface area contributed by atoms with Crippen molar-refractivity contribution >= 4 is 11.8 Å². The molecule has 4 N–H and O–H groups in total. The zero-order chi connectivity index (χ0) is 20.8. The average Bonchev–Trinajstić information content (AvgIpc) is 3.27. The van der Waals surface area contributed by atoms with Gasteiger partial charge in [0, 0.05) is 12.3 Å². The van der Waals surface area contributed by atoms with Crippen LogP contribution in [0.15, 0.2) is 66.9 Å². The van der Waals surface area contributed by atoms with Crippen molar-refractivity contribution in [1.29, 1.82) is 0 Å². The van der Waals surface area contributed by atoms with Crippen molar-refractivity contribution in [2.75, 3.05) is 7.11 Å². The molecular weight excluding hydrogens is 370 g/mol. The third-order valence-electron chi connectivity index (χ3n) is 4.79. The number of esters is 1. The summed E-state index contributed by atoms with van der Waals surface area (Å²) in [6.07, 6.45) is 0.150. The maximum Gasteiger partial charge on any atom is 0.325 e. The highest BCUT2D eigenvalue weighted by Crippen LogP contribution is 2.29. The van der Waals surface area contributed by atoms with Crippen LogP contribution in [0.4, 0.5) is 0 Å². The number of methoxy groups -OCH3 is 1. The number of hydrogen-bond acceptors (Lipinski definition) is 6. The van der Waals surface area contributed by atoms with Crippen molar-refractivity contribution in [2.24, 2.45) is 5.73 Å². The molecule has 0 saturated heterocycles. The van der Waals surface area contributed by atoms with Crippen LogP contribution in [0.5, 0.6) is 0 Å². The van der Waals surface area contributed by atoms with Gasteiger partial charge in [0.2, 0.25) is 0 Å². The van der Waals surface area contributed by atoms with Gasteiger partial charge in [-0.25, -0.2) is 4.98 Å². The number of aromatic amines is 1. The highest BCUT2D eigenvalue weighted by atomic mass is 16.5. The molecule has 0 aliphatic heterocycles. The molecule has 0 aliphatic carbocycles. The number of imidazole rings is 1. The number of carbonyl (C=O) groups excluding carboxylic acids is 2. The summed E-state index contributed by atoms with van der Waals surface area (Å²) >= 11 is 0. The first-order valence-corrected chi connectivity index (χ1v) is 9.20. The third kappa shape index (κ3) is 4.77. The normalized spacial score (nSPS) is 13.1. The van der Waals surface area contributed by atoms with Crippen molar-refractivity contribution in [3.63, 3.8) is 0 Å². The number of aromatic nitrogens is 2. The van der Waals surface area contributed by atoms with Crippen LogP contribution in [-0.2, 0) is 9.53 Å². The molecule has 0 amide bonds. The fourth-order valence-corrected chi connectivity index (χ4v) is 3.17. The molecule has 0 spiro atoms. The number of nitrogens with zero attached hydrogens (tertiary/aromatic N) is 1. The second kappa shape index (κ2) is 9.27. The van der Waals surface area contributed by atoms with Crippen LogP contribution in [0.2, 0.25) is 0 Å². The van der Waals surface area contributed by atoms with Crippen molar-refractivity contribution in [2.45, 2.75) is 24.5 Å². The number of Topliss-reactive ketones (excluding diaryl/α,β-unsaturated/α-hetero) is 1. The van der Waals surface area contributed by atoms with E-state index in [2.05, 4.69) is 14.7 Å². The Labute approximate surface area is 168 Å². The number of carbonyl (C=O) groups is 2. The maximum atomic E-state index is 12.9. The van der Waals surface area contributed by atoms with E-state index in [4.69, 9.17) is 5.73 Å². The lowest BCUT2D eigenvalue weighted by atomic mass is 9.87. The highest BCUT2D eigenvalue weighted by Gasteiger charge is 2.28. The summed E-state index contributed by atoms with van der Waals surface area (Å²) < 4.78 is 4.53. The maximum absolute atomic E-state index is 12.9. The summed E-state index contributed by atoms with van der Waals surface area (Å²) in [6.45, 7) is 0. The van der Waals surface area contributed by atoms with E-state index in [-0.39, 0.29) is 29.6 Å². The Morgan fingerprint density at radius 2 is 1.62 bits per heavy atom. The molecule has 0 unspecified atom stereocenters. The van der Waals surface area contributed by atoms with Crippen molar-refractivity contribution in [3.05, 3.63) is 89.5 Å². The summed E-state index contributed by atoms with van der Waals surface area (Å²) in [6, 6.07) is 18.3. The van der Waals surface area contributed by atoms with Crippen LogP contribution in [-0.4, -0.2) is 40.0 Å². The SMILES string of the molecule is COC(=O)[C@@H](N)[C@H](O)c1cnc(C(=O)CC(c2ccccc2)c2ccccc2)[nH]1. The molecule has 2 atom stereocenters. The number of hydrogen-bond donors (Lipinski definition) is 3. The van der Waals surface area contributed by atoms with Gasteiger partial charge in [0.15, 0.2) is 11.6 Å². The molecule has 7 heteroatoms. The lowest BCUT2D eigenvalue weighted by molar-refractivity contribution is -0.145. The second-order valence-corrected chi connectivity index (χ2v) is 6.68. The minimum Gasteiger partial charge on any atom is -0.468 e. The number of ketones is 1. The molecule has 7 nitrogen and oxygen atoms in total. The van der Waals surface area contributed by atoms with Gasteiger partial charge in [-0.2, -0.15) is 0 Å². The molecule has 0 saturated carbocycles. The van der Waals surface area contributed by atoms with E-state index < -0.39 is 18.1 Å². The number of aliphatic hydroxyl groups is 1. The molecule has 3 rings (SSSR count). The van der Waals surface area contributed by atoms with Crippen LogP contribution in [0.1, 0.15) is 45.9 Å². The van der Waals surface area contributed by atoms with Crippen LogP contribution in [0.3, 0.4) is 0 Å². The van der Waals surface area contributed by atoms with E-state index in [9.17, 15) is 14.7 Å². The van der Waals surface area contributed by atoms with E-state index in [1.165, 1.54) is 13.3 Å². The Morgan fingerprint density at radius 3 is 2.14 bits per heavy atom. The first-order valence-electron chi connectivity index (χ1n) is 9.20. The summed E-state index contributed by atoms with van der Waals surface area (Å²) in [7, 11) is 1.18. The van der Waals surface area contributed by atoms with Crippen molar-refractivity contribution in [3.8, 4) is 0 Å². The molecule has 3 aromatic rings. The van der Waals surface area contributed by atoms with Crippen LogP contribution in [0.25, 0.3) is 0 Å². The van der Waals surface area contributed by atoms with E-state index in [1.54, 1.807) is 0 Å². The summed E-state index contributed by atoms with van der Waals surface area (Å²) in [4.78, 5) is 31.3. The topological polar surface area (TPSA) is 118 Å². The minimum absolute atomic E-state index is 0.105. The molecule has 1 aromatic heterocycles. The molecule has 2 aromatic carbocycles. The predicted molar refractivity (Wildman–Crippen MR) is 107 cm³/mol. The average molecular weight is 393 g/mol. The molecule has 0 bridgehead atoms. The van der Waals surface area contributed by atoms with E-state index in [0.717, 1.165) is 11.1 Å². The first-order chi connectivity index (χ1) is 14.0. The lowest BCUT2D eigenvalue weighted by Crippen LogP contribution is -2.37. The number of nitrogens with one attached hydrogen (secondary N) is 1. The van der Waals surface area contributed by atoms with Gasteiger partial charge in [0.1, 0.15) is 12.1 Å². The molecular formula is C22H23N3O4. The summed E-state index contributed by atoms with van der Waals surface area (Å²) in [5.74, 6) is -1.00. The van der Waals surface area contributed by atoms with Gasteiger partial charge in [-0.05, 0) is 11.1 Å². The van der Waals surface area contributed by atoms with Crippen molar-refractivity contribution in [1.82, 2.24) is 9.97 Å². The Balaban J connectivity index is 1.81. The molecule has 0 aliphatic rings. The largest absolute Gasteiger partial charge is 0.468 e. The minimum atomic E-state index is -1.35. The summed E-state index contributed by atoms with van der Waals surface area (Å²) in [5, 5.41) is 10.2. The quantitative estimate of drug-likeness (QED) is 0.399. The fraction of sp³-hybridized carbons (Fsp3) is 0.227. The first kappa shape index (κ1) is 20.4. The third-order valence-corrected chi connectivity index (χ3v) is 4.79. The fourth-order valence-electron chi connectivity index (χ4n) is 3.17. The van der Waals surface area contributed by atoms with E-state index >= 15 is 0 Å². The molecule has 0 radical (unpaired) electrons. The second-order valence-electron chi connectivity index (χ2n) is 6.68. The van der Waals surface area contributed by atoms with Crippen LogP contribution in [0, 0.1) is 0 Å². The lowest BCUT2D eigenvalue weighted by Gasteiger charge is -2.17. The van der Waals surface area contributed by atoms with Gasteiger partial charge in [-0.3, -0.25) is 9.59 Å². The van der Waals surface area contributed by atoms with Crippen LogP contribution >= 0.6 is 0 Å². The number of rotatable bonds is 8. The Bertz CT molecular complexity index is 917. The predicted octanol–water partition coefficient (Wildman–Crippen LogP) is 2.35. The zero-order valence-corrected chi connectivity index (χ0v) is 16.0. The van der Waals surface area contributed by atoms with Crippen LogP contribution < -0.4 is 5.73 Å². The van der Waals surface area contributed by atoms with Gasteiger partial charge in [0.05, 0.1) is 19.0 Å². The van der Waals surface area contributed by atoms with E-state index in [1.807, 2.05) is 60.7 Å². The zero-order valence-electron chi connectivity index (χ0n) is 16.0. The van der Waals surface area contributed by atoms with E-state index in [0.29, 0.717) is 0 Å². The van der Waals surface area contributed by atoms with Gasteiger partial charge < -0.3 is 20.6 Å². The van der Waals surface area contributed by atoms with Gasteiger partial charge in [0.25, 0.3) is 0 Å². The monoisotopic (exact) mass is 393 g/mol. The molecule has 0 fully saturated rings. The number of ether oxygens (including phenoxy) is 1. The Kier molecular flexibility index (Phi) is 6.54. The van der Waals surface area contributed by atoms with Gasteiger partial charge >= 0.3 is 5.97 Å². The van der Waals surface area contributed by atoms with Gasteiger partial charge in [-0.15, -0.1) is 0 Å².